The molecule has 0 spiro atoms. The third kappa shape index (κ3) is 2.32. The van der Waals surface area contributed by atoms with Crippen molar-refractivity contribution in [2.75, 3.05) is 5.32 Å². The van der Waals surface area contributed by atoms with E-state index < -0.39 is 0 Å². The van der Waals surface area contributed by atoms with Crippen LogP contribution in [0.3, 0.4) is 0 Å². The van der Waals surface area contributed by atoms with Gasteiger partial charge in [0.2, 0.25) is 11.9 Å². The highest BCUT2D eigenvalue weighted by Crippen LogP contribution is 2.22. The fourth-order valence-electron chi connectivity index (χ4n) is 2.66. The molecule has 0 fully saturated rings. The van der Waals surface area contributed by atoms with Crippen LogP contribution >= 0.6 is 0 Å². The number of H-pyrrole nitrogens is 2. The largest absolute Gasteiger partial charge is 0.349 e. The van der Waals surface area contributed by atoms with E-state index in [1.54, 1.807) is 0 Å². The van der Waals surface area contributed by atoms with Gasteiger partial charge in [-0.25, -0.2) is 15.0 Å². The maximum Gasteiger partial charge on any atom is 0.276 e. The fourth-order valence-corrected chi connectivity index (χ4v) is 2.66. The highest BCUT2D eigenvalue weighted by atomic mass is 16.1. The molecule has 0 aliphatic carbocycles. The summed E-state index contributed by atoms with van der Waals surface area (Å²) < 4.78 is 0. The number of rotatable bonds is 2. The summed E-state index contributed by atoms with van der Waals surface area (Å²) in [6.45, 7) is 3.78. The molecule has 0 radical (unpaired) electrons. The standard InChI is InChI=1S/C16H14N6O/c1-8-7-9(2)18-15(17-8)22-16-20-12-10-5-3-4-6-11(10)19-13(12)14(23)21-16/h3-7,19H,1-2H3,(H2,17,18,20,21,22,23). The topological polar surface area (TPSA) is 99.4 Å². The van der Waals surface area contributed by atoms with Gasteiger partial charge in [0.25, 0.3) is 5.56 Å². The first kappa shape index (κ1) is 13.4. The molecule has 0 saturated carbocycles. The Morgan fingerprint density at radius 2 is 1.74 bits per heavy atom. The lowest BCUT2D eigenvalue weighted by molar-refractivity contribution is 1.04. The van der Waals surface area contributed by atoms with Crippen LogP contribution in [0.2, 0.25) is 0 Å². The van der Waals surface area contributed by atoms with Crippen LogP contribution in [0.5, 0.6) is 0 Å². The van der Waals surface area contributed by atoms with Crippen LogP contribution in [0.15, 0.2) is 35.1 Å². The van der Waals surface area contributed by atoms with Gasteiger partial charge in [0.05, 0.1) is 0 Å². The predicted molar refractivity (Wildman–Crippen MR) is 89.0 cm³/mol. The Balaban J connectivity index is 1.87. The van der Waals surface area contributed by atoms with Crippen LogP contribution in [0.4, 0.5) is 11.9 Å². The Morgan fingerprint density at radius 3 is 2.52 bits per heavy atom. The van der Waals surface area contributed by atoms with Crippen LogP contribution in [0.1, 0.15) is 11.4 Å². The second kappa shape index (κ2) is 4.91. The second-order valence-electron chi connectivity index (χ2n) is 5.41. The zero-order valence-corrected chi connectivity index (χ0v) is 12.6. The lowest BCUT2D eigenvalue weighted by atomic mass is 10.2. The number of benzene rings is 1. The average molecular weight is 306 g/mol. The van der Waals surface area contributed by atoms with Gasteiger partial charge in [-0.3, -0.25) is 15.1 Å². The lowest BCUT2D eigenvalue weighted by Gasteiger charge is -2.05. The minimum atomic E-state index is -0.238. The number of aromatic amines is 2. The quantitative estimate of drug-likeness (QED) is 0.528. The number of hydrogen-bond acceptors (Lipinski definition) is 5. The lowest BCUT2D eigenvalue weighted by Crippen LogP contribution is -2.12. The van der Waals surface area contributed by atoms with Gasteiger partial charge in [0.1, 0.15) is 11.0 Å². The van der Waals surface area contributed by atoms with Gasteiger partial charge >= 0.3 is 0 Å². The van der Waals surface area contributed by atoms with E-state index in [0.717, 1.165) is 22.3 Å². The van der Waals surface area contributed by atoms with Crippen molar-refractivity contribution in [3.05, 3.63) is 52.1 Å². The van der Waals surface area contributed by atoms with E-state index in [9.17, 15) is 4.79 Å². The first-order valence-corrected chi connectivity index (χ1v) is 7.20. The summed E-state index contributed by atoms with van der Waals surface area (Å²) in [6, 6.07) is 9.55. The molecule has 4 aromatic rings. The molecule has 7 heteroatoms. The molecule has 0 atom stereocenters. The molecule has 0 aliphatic rings. The van der Waals surface area contributed by atoms with Crippen molar-refractivity contribution in [2.45, 2.75) is 13.8 Å². The third-order valence-corrected chi connectivity index (χ3v) is 3.57. The summed E-state index contributed by atoms with van der Waals surface area (Å²) in [6.07, 6.45) is 0. The van der Waals surface area contributed by atoms with E-state index in [1.165, 1.54) is 0 Å². The van der Waals surface area contributed by atoms with Crippen molar-refractivity contribution in [3.63, 3.8) is 0 Å². The molecule has 4 rings (SSSR count). The van der Waals surface area contributed by atoms with E-state index in [4.69, 9.17) is 0 Å². The minimum absolute atomic E-state index is 0.238. The second-order valence-corrected chi connectivity index (χ2v) is 5.41. The number of fused-ring (bicyclic) bond motifs is 3. The number of aryl methyl sites for hydroxylation is 2. The molecule has 7 nitrogen and oxygen atoms in total. The minimum Gasteiger partial charge on any atom is -0.349 e. The molecule has 1 aromatic carbocycles. The van der Waals surface area contributed by atoms with Crippen LogP contribution in [-0.4, -0.2) is 24.9 Å². The number of nitrogens with one attached hydrogen (secondary N) is 3. The normalized spacial score (nSPS) is 11.2. The highest BCUT2D eigenvalue weighted by molar-refractivity contribution is 6.04. The number of hydrogen-bond donors (Lipinski definition) is 3. The van der Waals surface area contributed by atoms with E-state index >= 15 is 0 Å². The summed E-state index contributed by atoms with van der Waals surface area (Å²) in [7, 11) is 0. The Kier molecular flexibility index (Phi) is 2.87. The Labute approximate surface area is 130 Å². The molecule has 3 aromatic heterocycles. The van der Waals surface area contributed by atoms with Crippen molar-refractivity contribution < 1.29 is 0 Å². The molecule has 0 amide bonds. The van der Waals surface area contributed by atoms with Crippen molar-refractivity contribution in [1.29, 1.82) is 0 Å². The summed E-state index contributed by atoms with van der Waals surface area (Å²) in [5, 5.41) is 3.87. The van der Waals surface area contributed by atoms with Gasteiger partial charge in [0, 0.05) is 22.3 Å². The molecular formula is C16H14N6O. The van der Waals surface area contributed by atoms with Gasteiger partial charge in [-0.15, -0.1) is 0 Å². The van der Waals surface area contributed by atoms with Crippen LogP contribution in [0, 0.1) is 13.8 Å². The highest BCUT2D eigenvalue weighted by Gasteiger charge is 2.11. The Bertz CT molecular complexity index is 1070. The maximum atomic E-state index is 12.3. The molecule has 3 N–H and O–H groups in total. The molecule has 0 saturated heterocycles. The fraction of sp³-hybridized carbons (Fsp3) is 0.125. The number of nitrogens with zero attached hydrogens (tertiary/aromatic N) is 3. The van der Waals surface area contributed by atoms with Crippen LogP contribution in [0.25, 0.3) is 21.9 Å². The number of anilines is 2. The summed E-state index contributed by atoms with van der Waals surface area (Å²) in [5.74, 6) is 0.724. The molecule has 114 valence electrons. The van der Waals surface area contributed by atoms with Crippen LogP contribution < -0.4 is 10.9 Å². The summed E-state index contributed by atoms with van der Waals surface area (Å²) in [4.78, 5) is 31.2. The molecule has 3 heterocycles. The van der Waals surface area contributed by atoms with Gasteiger partial charge in [0.15, 0.2) is 0 Å². The van der Waals surface area contributed by atoms with E-state index in [0.29, 0.717) is 22.9 Å². The van der Waals surface area contributed by atoms with Crippen molar-refractivity contribution in [3.8, 4) is 0 Å². The molecular weight excluding hydrogens is 292 g/mol. The van der Waals surface area contributed by atoms with Crippen molar-refractivity contribution >= 4 is 33.8 Å². The predicted octanol–water partition coefficient (Wildman–Crippen LogP) is 2.55. The molecule has 0 unspecified atom stereocenters. The Morgan fingerprint density at radius 1 is 1.00 bits per heavy atom. The maximum absolute atomic E-state index is 12.3. The number of aromatic nitrogens is 5. The van der Waals surface area contributed by atoms with Gasteiger partial charge < -0.3 is 4.98 Å². The third-order valence-electron chi connectivity index (χ3n) is 3.57. The average Bonchev–Trinajstić information content (AvgIpc) is 2.86. The monoisotopic (exact) mass is 306 g/mol. The first-order chi connectivity index (χ1) is 11.1. The Hall–Kier alpha value is -3.22. The zero-order chi connectivity index (χ0) is 16.0. The van der Waals surface area contributed by atoms with E-state index in [2.05, 4.69) is 30.2 Å². The first-order valence-electron chi connectivity index (χ1n) is 7.20. The molecule has 0 bridgehead atoms. The van der Waals surface area contributed by atoms with Crippen molar-refractivity contribution in [2.24, 2.45) is 0 Å². The van der Waals surface area contributed by atoms with E-state index in [1.807, 2.05) is 44.2 Å². The SMILES string of the molecule is Cc1cc(C)nc(Nc2nc3c([nH]c4ccccc43)c(=O)[nH]2)n1. The molecule has 23 heavy (non-hydrogen) atoms. The van der Waals surface area contributed by atoms with E-state index in [-0.39, 0.29) is 5.56 Å². The summed E-state index contributed by atoms with van der Waals surface area (Å²) >= 11 is 0. The van der Waals surface area contributed by atoms with Crippen molar-refractivity contribution in [1.82, 2.24) is 24.9 Å². The van der Waals surface area contributed by atoms with Gasteiger partial charge in [-0.05, 0) is 26.0 Å². The molecule has 0 aliphatic heterocycles. The zero-order valence-electron chi connectivity index (χ0n) is 12.6. The van der Waals surface area contributed by atoms with Crippen LogP contribution in [-0.2, 0) is 0 Å². The summed E-state index contributed by atoms with van der Waals surface area (Å²) in [5.41, 5.74) is 3.40. The number of para-hydroxylation sites is 1. The smallest absolute Gasteiger partial charge is 0.276 e. The van der Waals surface area contributed by atoms with Gasteiger partial charge in [-0.1, -0.05) is 18.2 Å². The van der Waals surface area contributed by atoms with Gasteiger partial charge in [-0.2, -0.15) is 0 Å².